The van der Waals surface area contributed by atoms with Crippen molar-refractivity contribution in [2.24, 2.45) is 0 Å². The number of hydrogen-bond acceptors (Lipinski definition) is 6. The smallest absolute Gasteiger partial charge is 0.420 e. The summed E-state index contributed by atoms with van der Waals surface area (Å²) < 4.78 is 87.3. The Kier molecular flexibility index (Phi) is 7.86. The van der Waals surface area contributed by atoms with E-state index in [2.05, 4.69) is 15.3 Å². The van der Waals surface area contributed by atoms with Crippen LogP contribution >= 0.6 is 0 Å². The topological polar surface area (TPSA) is 114 Å². The van der Waals surface area contributed by atoms with Crippen LogP contribution in [0.15, 0.2) is 65.4 Å². The molecule has 5 rings (SSSR count). The van der Waals surface area contributed by atoms with Crippen molar-refractivity contribution in [2.75, 3.05) is 12.3 Å². The third kappa shape index (κ3) is 6.63. The van der Waals surface area contributed by atoms with Gasteiger partial charge in [0.1, 0.15) is 23.2 Å². The second-order valence-electron chi connectivity index (χ2n) is 9.85. The lowest BCUT2D eigenvalue weighted by Crippen LogP contribution is -2.44. The summed E-state index contributed by atoms with van der Waals surface area (Å²) in [6.07, 6.45) is -4.15. The fraction of sp³-hybridized carbons (Fsp3) is 0.241. The van der Waals surface area contributed by atoms with E-state index in [0.717, 1.165) is 17.2 Å². The molecule has 0 aliphatic carbocycles. The largest absolute Gasteiger partial charge is 0.459 e. The van der Waals surface area contributed by atoms with Gasteiger partial charge in [-0.15, -0.1) is 0 Å². The van der Waals surface area contributed by atoms with Crippen molar-refractivity contribution in [3.63, 3.8) is 0 Å². The minimum Gasteiger partial charge on any atom is -0.459 e. The molecule has 0 saturated carbocycles. The fourth-order valence-corrected chi connectivity index (χ4v) is 4.78. The first-order chi connectivity index (χ1) is 20.3. The van der Waals surface area contributed by atoms with Crippen molar-refractivity contribution in [3.8, 4) is 11.3 Å². The van der Waals surface area contributed by atoms with Crippen molar-refractivity contribution in [2.45, 2.75) is 37.8 Å². The number of likely N-dealkylation sites (tertiary alicyclic amines) is 1. The summed E-state index contributed by atoms with van der Waals surface area (Å²) in [6, 6.07) is 7.41. The van der Waals surface area contributed by atoms with Crippen LogP contribution in [0.1, 0.15) is 40.1 Å². The molecule has 43 heavy (non-hydrogen) atoms. The number of nitrogens with two attached hydrogens (primary N) is 1. The Balaban J connectivity index is 1.35. The Morgan fingerprint density at radius 2 is 1.84 bits per heavy atom. The first-order valence-corrected chi connectivity index (χ1v) is 12.9. The van der Waals surface area contributed by atoms with Crippen molar-refractivity contribution in [1.82, 2.24) is 20.2 Å². The van der Waals surface area contributed by atoms with Crippen LogP contribution in [0.25, 0.3) is 28.3 Å². The summed E-state index contributed by atoms with van der Waals surface area (Å²) >= 11 is 0. The van der Waals surface area contributed by atoms with Crippen molar-refractivity contribution in [1.29, 1.82) is 0 Å². The third-order valence-corrected chi connectivity index (χ3v) is 6.84. The Hall–Kier alpha value is -4.88. The van der Waals surface area contributed by atoms with Crippen molar-refractivity contribution in [3.05, 3.63) is 83.4 Å². The molecule has 0 radical (unpaired) electrons. The number of hydrogen-bond donors (Lipinski definition) is 2. The van der Waals surface area contributed by atoms with E-state index in [1.807, 2.05) is 0 Å². The van der Waals surface area contributed by atoms with E-state index >= 15 is 0 Å². The summed E-state index contributed by atoms with van der Waals surface area (Å²) in [5.74, 6) is -1.00. The molecule has 1 aromatic carbocycles. The van der Waals surface area contributed by atoms with Crippen molar-refractivity contribution >= 4 is 34.7 Å². The van der Waals surface area contributed by atoms with Gasteiger partial charge in [-0.2, -0.15) is 26.3 Å². The summed E-state index contributed by atoms with van der Waals surface area (Å²) in [5.41, 5.74) is 4.61. The van der Waals surface area contributed by atoms with Gasteiger partial charge >= 0.3 is 12.4 Å². The molecule has 4 aromatic rings. The van der Waals surface area contributed by atoms with Crippen LogP contribution in [0.4, 0.5) is 32.2 Å². The molecule has 1 unspecified atom stereocenters. The number of halogens is 6. The molecule has 1 atom stereocenters. The number of anilines is 1. The number of fused-ring (bicyclic) bond motifs is 1. The van der Waals surface area contributed by atoms with Crippen LogP contribution in [0, 0.1) is 0 Å². The Labute approximate surface area is 240 Å². The highest BCUT2D eigenvalue weighted by Gasteiger charge is 2.47. The number of aromatic nitrogens is 2. The van der Waals surface area contributed by atoms with Crippen LogP contribution in [-0.2, 0) is 17.5 Å². The van der Waals surface area contributed by atoms with Gasteiger partial charge in [-0.25, -0.2) is 4.98 Å². The summed E-state index contributed by atoms with van der Waals surface area (Å²) in [7, 11) is 0. The standard InChI is InChI=1S/C29H23F6N5O3/c30-28(31,32)21-12-18(22-6-5-17(14-37-22)27(42)40-9-1-2-23(40)29(33,34)35)10-19-11-20(43-26(19)21)15-39-25(41)8-4-16-3-7-24(36)38-13-16/h3-8,10-14,23H,1-2,9,15H2,(H2,36,38)(H,39,41). The predicted molar refractivity (Wildman–Crippen MR) is 144 cm³/mol. The predicted octanol–water partition coefficient (Wildman–Crippen LogP) is 5.99. The molecule has 3 N–H and O–H groups in total. The van der Waals surface area contributed by atoms with E-state index < -0.39 is 41.4 Å². The van der Waals surface area contributed by atoms with Crippen molar-refractivity contribution < 1.29 is 40.3 Å². The summed E-state index contributed by atoms with van der Waals surface area (Å²) in [4.78, 5) is 33.7. The fourth-order valence-electron chi connectivity index (χ4n) is 4.78. The van der Waals surface area contributed by atoms with Gasteiger partial charge in [-0.05, 0) is 66.9 Å². The highest BCUT2D eigenvalue weighted by Crippen LogP contribution is 2.39. The molecule has 14 heteroatoms. The Morgan fingerprint density at radius 1 is 1.05 bits per heavy atom. The second-order valence-corrected chi connectivity index (χ2v) is 9.85. The lowest BCUT2D eigenvalue weighted by molar-refractivity contribution is -0.169. The molecule has 3 aromatic heterocycles. The number of nitrogen functional groups attached to an aromatic ring is 1. The number of carbonyl (C=O) groups excluding carboxylic acids is 2. The number of benzene rings is 1. The number of nitrogens with zero attached hydrogens (tertiary/aromatic N) is 3. The Morgan fingerprint density at radius 3 is 2.49 bits per heavy atom. The molecule has 224 valence electrons. The average molecular weight is 604 g/mol. The molecule has 0 bridgehead atoms. The molecular formula is C29H23F6N5O3. The quantitative estimate of drug-likeness (QED) is 0.207. The maximum absolute atomic E-state index is 14.0. The minimum absolute atomic E-state index is 0.0459. The van der Waals surface area contributed by atoms with Crippen LogP contribution in [0.3, 0.4) is 0 Å². The number of pyridine rings is 2. The van der Waals surface area contributed by atoms with E-state index in [1.54, 1.807) is 12.1 Å². The van der Waals surface area contributed by atoms with Crippen LogP contribution in [0.2, 0.25) is 0 Å². The molecular weight excluding hydrogens is 580 g/mol. The van der Waals surface area contributed by atoms with E-state index in [0.29, 0.717) is 11.4 Å². The lowest BCUT2D eigenvalue weighted by Gasteiger charge is -2.26. The zero-order valence-electron chi connectivity index (χ0n) is 22.2. The van der Waals surface area contributed by atoms with Gasteiger partial charge in [-0.3, -0.25) is 14.6 Å². The molecule has 0 spiro atoms. The van der Waals surface area contributed by atoms with Gasteiger partial charge in [-0.1, -0.05) is 0 Å². The number of furan rings is 1. The molecule has 1 aliphatic heterocycles. The molecule has 1 aliphatic rings. The van der Waals surface area contributed by atoms with Crippen LogP contribution < -0.4 is 11.1 Å². The van der Waals surface area contributed by atoms with E-state index in [1.165, 1.54) is 42.6 Å². The summed E-state index contributed by atoms with van der Waals surface area (Å²) in [6.45, 7) is -0.259. The molecule has 1 saturated heterocycles. The Bertz CT molecular complexity index is 1680. The third-order valence-electron chi connectivity index (χ3n) is 6.84. The second kappa shape index (κ2) is 11.4. The van der Waals surface area contributed by atoms with Gasteiger partial charge in [0, 0.05) is 36.0 Å². The van der Waals surface area contributed by atoms with Crippen LogP contribution in [0.5, 0.6) is 0 Å². The monoisotopic (exact) mass is 603 g/mol. The first-order valence-electron chi connectivity index (χ1n) is 12.9. The number of alkyl halides is 6. The lowest BCUT2D eigenvalue weighted by atomic mass is 10.0. The van der Waals surface area contributed by atoms with Gasteiger partial charge in [0.2, 0.25) is 5.91 Å². The molecule has 4 heterocycles. The summed E-state index contributed by atoms with van der Waals surface area (Å²) in [5, 5.41) is 2.62. The van der Waals surface area contributed by atoms with E-state index in [9.17, 15) is 35.9 Å². The average Bonchev–Trinajstić information content (AvgIpc) is 3.62. The van der Waals surface area contributed by atoms with Gasteiger partial charge in [0.05, 0.1) is 23.4 Å². The van der Waals surface area contributed by atoms with E-state index in [-0.39, 0.29) is 53.9 Å². The van der Waals surface area contributed by atoms with Gasteiger partial charge in [0.25, 0.3) is 5.91 Å². The van der Waals surface area contributed by atoms with Gasteiger partial charge in [0.15, 0.2) is 0 Å². The normalized spacial score (nSPS) is 15.9. The molecule has 2 amide bonds. The van der Waals surface area contributed by atoms with Crippen LogP contribution in [-0.4, -0.2) is 45.4 Å². The van der Waals surface area contributed by atoms with Gasteiger partial charge < -0.3 is 20.4 Å². The molecule has 8 nitrogen and oxygen atoms in total. The number of nitrogens with one attached hydrogen (secondary N) is 1. The first kappa shape index (κ1) is 29.6. The zero-order chi connectivity index (χ0) is 30.9. The SMILES string of the molecule is Nc1ccc(C=CC(=O)NCc2cc3cc(-c4ccc(C(=O)N5CCCC5C(F)(F)F)cn4)cc(C(F)(F)F)c3o2)cn1. The highest BCUT2D eigenvalue weighted by atomic mass is 19.4. The minimum atomic E-state index is -4.80. The zero-order valence-corrected chi connectivity index (χ0v) is 22.2. The number of carbonyl (C=O) groups is 2. The molecule has 1 fully saturated rings. The number of rotatable bonds is 6. The number of amides is 2. The highest BCUT2D eigenvalue weighted by molar-refractivity contribution is 5.95. The maximum atomic E-state index is 14.0. The van der Waals surface area contributed by atoms with E-state index in [4.69, 9.17) is 10.2 Å². The maximum Gasteiger partial charge on any atom is 0.420 e.